The topological polar surface area (TPSA) is 82.5 Å². The normalized spacial score (nSPS) is 19.0. The zero-order chi connectivity index (χ0) is 13.8. The number of urea groups is 1. The Hall–Kier alpha value is -2.11. The summed E-state index contributed by atoms with van der Waals surface area (Å²) in [4.78, 5) is 28.4. The van der Waals surface area contributed by atoms with Crippen LogP contribution in [0.1, 0.15) is 30.1 Å². The number of rotatable bonds is 2. The second-order valence-electron chi connectivity index (χ2n) is 4.89. The van der Waals surface area contributed by atoms with Gasteiger partial charge in [-0.1, -0.05) is 6.92 Å². The minimum absolute atomic E-state index is 0.0600. The summed E-state index contributed by atoms with van der Waals surface area (Å²) in [6.45, 7) is 3.59. The number of piperidine rings is 1. The second kappa shape index (κ2) is 5.69. The summed E-state index contributed by atoms with van der Waals surface area (Å²) < 4.78 is 0. The van der Waals surface area contributed by atoms with Crippen LogP contribution >= 0.6 is 0 Å². The van der Waals surface area contributed by atoms with E-state index in [2.05, 4.69) is 17.2 Å². The van der Waals surface area contributed by atoms with Crippen molar-refractivity contribution in [3.05, 3.63) is 24.0 Å². The lowest BCUT2D eigenvalue weighted by Gasteiger charge is -2.30. The van der Waals surface area contributed by atoms with Crippen molar-refractivity contribution in [1.29, 1.82) is 0 Å². The largest absolute Gasteiger partial charge is 0.478 e. The highest BCUT2D eigenvalue weighted by molar-refractivity contribution is 5.92. The zero-order valence-corrected chi connectivity index (χ0v) is 10.8. The Labute approximate surface area is 111 Å². The van der Waals surface area contributed by atoms with E-state index >= 15 is 0 Å². The molecule has 1 saturated heterocycles. The van der Waals surface area contributed by atoms with Gasteiger partial charge in [-0.2, -0.15) is 0 Å². The number of carbonyl (C=O) groups is 2. The highest BCUT2D eigenvalue weighted by atomic mass is 16.4. The minimum Gasteiger partial charge on any atom is -0.478 e. The van der Waals surface area contributed by atoms with E-state index < -0.39 is 5.97 Å². The predicted molar refractivity (Wildman–Crippen MR) is 70.2 cm³/mol. The van der Waals surface area contributed by atoms with E-state index in [9.17, 15) is 9.59 Å². The van der Waals surface area contributed by atoms with Crippen LogP contribution in [-0.2, 0) is 0 Å². The van der Waals surface area contributed by atoms with Gasteiger partial charge in [0.25, 0.3) is 0 Å². The molecule has 1 aliphatic rings. The number of hydrogen-bond donors (Lipinski definition) is 2. The van der Waals surface area contributed by atoms with E-state index in [-0.39, 0.29) is 11.6 Å². The van der Waals surface area contributed by atoms with Gasteiger partial charge in [-0.25, -0.2) is 9.59 Å². The van der Waals surface area contributed by atoms with Crippen molar-refractivity contribution >= 4 is 17.7 Å². The van der Waals surface area contributed by atoms with Crippen LogP contribution < -0.4 is 5.32 Å². The zero-order valence-electron chi connectivity index (χ0n) is 10.8. The first-order chi connectivity index (χ1) is 9.06. The van der Waals surface area contributed by atoms with Crippen LogP contribution in [-0.4, -0.2) is 40.1 Å². The van der Waals surface area contributed by atoms with Crippen LogP contribution in [0.3, 0.4) is 0 Å². The number of likely N-dealkylation sites (tertiary alicyclic amines) is 1. The number of carboxylic acid groups (broad SMARTS) is 1. The molecular weight excluding hydrogens is 246 g/mol. The van der Waals surface area contributed by atoms with Gasteiger partial charge < -0.3 is 15.3 Å². The molecule has 19 heavy (non-hydrogen) atoms. The summed E-state index contributed by atoms with van der Waals surface area (Å²) in [5.41, 5.74) is 0.466. The first-order valence-electron chi connectivity index (χ1n) is 6.30. The van der Waals surface area contributed by atoms with Crippen LogP contribution in [0.15, 0.2) is 18.5 Å². The number of aromatic carboxylic acids is 1. The third-order valence-corrected chi connectivity index (χ3v) is 3.18. The number of anilines is 1. The van der Waals surface area contributed by atoms with Crippen LogP contribution in [0.4, 0.5) is 10.5 Å². The van der Waals surface area contributed by atoms with Crippen LogP contribution in [0.25, 0.3) is 0 Å². The van der Waals surface area contributed by atoms with Gasteiger partial charge >= 0.3 is 12.0 Å². The van der Waals surface area contributed by atoms with Gasteiger partial charge in [-0.05, 0) is 24.8 Å². The number of nitrogens with one attached hydrogen (secondary N) is 1. The van der Waals surface area contributed by atoms with E-state index in [0.717, 1.165) is 25.9 Å². The maximum absolute atomic E-state index is 12.0. The molecule has 1 unspecified atom stereocenters. The van der Waals surface area contributed by atoms with Crippen molar-refractivity contribution in [2.24, 2.45) is 5.92 Å². The first kappa shape index (κ1) is 13.3. The Morgan fingerprint density at radius 2 is 2.26 bits per heavy atom. The van der Waals surface area contributed by atoms with E-state index in [1.807, 2.05) is 0 Å². The van der Waals surface area contributed by atoms with Gasteiger partial charge in [0.1, 0.15) is 0 Å². The molecule has 0 aromatic carbocycles. The molecule has 102 valence electrons. The van der Waals surface area contributed by atoms with Gasteiger partial charge in [-0.15, -0.1) is 0 Å². The summed E-state index contributed by atoms with van der Waals surface area (Å²) in [5, 5.41) is 11.6. The van der Waals surface area contributed by atoms with Gasteiger partial charge in [0.2, 0.25) is 0 Å². The van der Waals surface area contributed by atoms with Crippen LogP contribution in [0.2, 0.25) is 0 Å². The smallest absolute Gasteiger partial charge is 0.337 e. The van der Waals surface area contributed by atoms with E-state index in [1.165, 1.54) is 18.5 Å². The monoisotopic (exact) mass is 263 g/mol. The maximum atomic E-state index is 12.0. The predicted octanol–water partition coefficient (Wildman–Crippen LogP) is 2.04. The lowest BCUT2D eigenvalue weighted by Crippen LogP contribution is -2.41. The standard InChI is InChI=1S/C13H17N3O3/c1-9-3-2-4-16(8-9)13(19)15-11-5-10(12(17)18)6-14-7-11/h5-7,9H,2-4,8H2,1H3,(H,15,19)(H,17,18). The molecule has 2 amide bonds. The minimum atomic E-state index is -1.06. The Morgan fingerprint density at radius 1 is 1.47 bits per heavy atom. The van der Waals surface area contributed by atoms with Crippen molar-refractivity contribution in [2.75, 3.05) is 18.4 Å². The molecular formula is C13H17N3O3. The quantitative estimate of drug-likeness (QED) is 0.855. The number of carbonyl (C=O) groups excluding carboxylic acids is 1. The number of carboxylic acids is 1. The fraction of sp³-hybridized carbons (Fsp3) is 0.462. The molecule has 1 aromatic rings. The van der Waals surface area contributed by atoms with Crippen molar-refractivity contribution in [3.8, 4) is 0 Å². The fourth-order valence-electron chi connectivity index (χ4n) is 2.20. The molecule has 0 radical (unpaired) electrons. The van der Waals surface area contributed by atoms with Crippen molar-refractivity contribution in [3.63, 3.8) is 0 Å². The Balaban J connectivity index is 2.02. The third kappa shape index (κ3) is 3.43. The van der Waals surface area contributed by atoms with E-state index in [4.69, 9.17) is 5.11 Å². The maximum Gasteiger partial charge on any atom is 0.337 e. The Kier molecular flexibility index (Phi) is 3.99. The molecule has 0 saturated carbocycles. The molecule has 2 rings (SSSR count). The molecule has 2 heterocycles. The summed E-state index contributed by atoms with van der Waals surface area (Å²) in [7, 11) is 0. The van der Waals surface area contributed by atoms with Crippen LogP contribution in [0.5, 0.6) is 0 Å². The number of hydrogen-bond acceptors (Lipinski definition) is 3. The van der Waals surface area contributed by atoms with Crippen molar-refractivity contribution < 1.29 is 14.7 Å². The SMILES string of the molecule is CC1CCCN(C(=O)Nc2cncc(C(=O)O)c2)C1. The van der Waals surface area contributed by atoms with Crippen LogP contribution in [0, 0.1) is 5.92 Å². The summed E-state index contributed by atoms with van der Waals surface area (Å²) >= 11 is 0. The Bertz CT molecular complexity index is 490. The van der Waals surface area contributed by atoms with Crippen molar-refractivity contribution in [2.45, 2.75) is 19.8 Å². The van der Waals surface area contributed by atoms with E-state index in [1.54, 1.807) is 4.90 Å². The molecule has 0 spiro atoms. The molecule has 6 nitrogen and oxygen atoms in total. The summed E-state index contributed by atoms with van der Waals surface area (Å²) in [5.74, 6) is -0.557. The average Bonchev–Trinajstić information content (AvgIpc) is 2.39. The van der Waals surface area contributed by atoms with Gasteiger partial charge in [0.15, 0.2) is 0 Å². The molecule has 1 atom stereocenters. The Morgan fingerprint density at radius 3 is 2.95 bits per heavy atom. The lowest BCUT2D eigenvalue weighted by molar-refractivity contribution is 0.0696. The number of amides is 2. The summed E-state index contributed by atoms with van der Waals surface area (Å²) in [6, 6.07) is 1.21. The lowest BCUT2D eigenvalue weighted by atomic mass is 10.0. The first-order valence-corrected chi connectivity index (χ1v) is 6.30. The number of pyridine rings is 1. The molecule has 1 aromatic heterocycles. The van der Waals surface area contributed by atoms with Gasteiger partial charge in [0, 0.05) is 19.3 Å². The average molecular weight is 263 g/mol. The van der Waals surface area contributed by atoms with Gasteiger partial charge in [0.05, 0.1) is 17.4 Å². The molecule has 6 heteroatoms. The summed E-state index contributed by atoms with van der Waals surface area (Å²) in [6.07, 6.45) is 4.83. The highest BCUT2D eigenvalue weighted by Gasteiger charge is 2.21. The molecule has 1 aliphatic heterocycles. The highest BCUT2D eigenvalue weighted by Crippen LogP contribution is 2.17. The fourth-order valence-corrected chi connectivity index (χ4v) is 2.20. The number of nitrogens with zero attached hydrogens (tertiary/aromatic N) is 2. The van der Waals surface area contributed by atoms with E-state index in [0.29, 0.717) is 11.6 Å². The number of aromatic nitrogens is 1. The molecule has 1 fully saturated rings. The van der Waals surface area contributed by atoms with Crippen molar-refractivity contribution in [1.82, 2.24) is 9.88 Å². The second-order valence-corrected chi connectivity index (χ2v) is 4.89. The van der Waals surface area contributed by atoms with Gasteiger partial charge in [-0.3, -0.25) is 4.98 Å². The molecule has 0 bridgehead atoms. The third-order valence-electron chi connectivity index (χ3n) is 3.18. The molecule has 0 aliphatic carbocycles. The molecule has 2 N–H and O–H groups in total.